The van der Waals surface area contributed by atoms with Gasteiger partial charge in [0, 0.05) is 5.88 Å². The zero-order chi connectivity index (χ0) is 18.0. The van der Waals surface area contributed by atoms with Crippen LogP contribution in [-0.4, -0.2) is 12.5 Å². The first-order valence-electron chi connectivity index (χ1n) is 9.31. The maximum Gasteiger partial charge on any atom is 0.119 e. The lowest BCUT2D eigenvalue weighted by atomic mass is 10.0. The van der Waals surface area contributed by atoms with Gasteiger partial charge in [0.05, 0.1) is 6.61 Å². The Kier molecular flexibility index (Phi) is 7.15. The minimum absolute atomic E-state index is 0.756. The van der Waals surface area contributed by atoms with E-state index in [1.54, 1.807) is 0 Å². The van der Waals surface area contributed by atoms with Crippen LogP contribution in [-0.2, 0) is 0 Å². The number of ether oxygens (including phenoxy) is 1. The molecule has 0 amide bonds. The van der Waals surface area contributed by atoms with E-state index in [1.807, 2.05) is 12.1 Å². The first-order chi connectivity index (χ1) is 12.9. The van der Waals surface area contributed by atoms with Gasteiger partial charge in [-0.3, -0.25) is 0 Å². The molecule has 0 aliphatic carbocycles. The highest BCUT2D eigenvalue weighted by molar-refractivity contribution is 6.17. The fourth-order valence-corrected chi connectivity index (χ4v) is 3.18. The van der Waals surface area contributed by atoms with Gasteiger partial charge in [0.2, 0.25) is 0 Å². The Morgan fingerprint density at radius 1 is 0.577 bits per heavy atom. The van der Waals surface area contributed by atoms with Crippen molar-refractivity contribution in [3.05, 3.63) is 78.9 Å². The van der Waals surface area contributed by atoms with Crippen LogP contribution in [0.15, 0.2) is 78.9 Å². The molecule has 0 heterocycles. The fourth-order valence-electron chi connectivity index (χ4n) is 2.99. The van der Waals surface area contributed by atoms with Gasteiger partial charge in [-0.05, 0) is 47.2 Å². The average Bonchev–Trinajstić information content (AvgIpc) is 2.72. The van der Waals surface area contributed by atoms with Crippen molar-refractivity contribution in [2.45, 2.75) is 25.7 Å². The van der Waals surface area contributed by atoms with Crippen LogP contribution in [0.1, 0.15) is 25.7 Å². The number of alkyl halides is 1. The molecule has 0 fully saturated rings. The Bertz CT molecular complexity index is 781. The third kappa shape index (κ3) is 5.37. The Labute approximate surface area is 161 Å². The van der Waals surface area contributed by atoms with E-state index in [9.17, 15) is 0 Å². The van der Waals surface area contributed by atoms with Gasteiger partial charge in [-0.15, -0.1) is 11.6 Å². The minimum atomic E-state index is 0.756. The summed E-state index contributed by atoms with van der Waals surface area (Å²) in [6, 6.07) is 27.5. The second-order valence-electron chi connectivity index (χ2n) is 6.42. The summed E-state index contributed by atoms with van der Waals surface area (Å²) in [5.74, 6) is 1.69. The molecule has 26 heavy (non-hydrogen) atoms. The maximum atomic E-state index is 5.91. The summed E-state index contributed by atoms with van der Waals surface area (Å²) >= 11 is 5.70. The van der Waals surface area contributed by atoms with Crippen molar-refractivity contribution in [3.63, 3.8) is 0 Å². The van der Waals surface area contributed by atoms with Gasteiger partial charge < -0.3 is 4.74 Å². The highest BCUT2D eigenvalue weighted by atomic mass is 35.5. The molecule has 0 saturated heterocycles. The third-order valence-electron chi connectivity index (χ3n) is 4.46. The second-order valence-corrected chi connectivity index (χ2v) is 6.80. The SMILES string of the molecule is ClCCCCCCOc1cccc(-c2ccc(-c3ccccc3)cc2)c1. The van der Waals surface area contributed by atoms with Gasteiger partial charge in [-0.1, -0.05) is 79.6 Å². The molecule has 0 aliphatic heterocycles. The quantitative estimate of drug-likeness (QED) is 0.288. The van der Waals surface area contributed by atoms with Crippen molar-refractivity contribution in [1.29, 1.82) is 0 Å². The van der Waals surface area contributed by atoms with Crippen LogP contribution in [0.4, 0.5) is 0 Å². The first kappa shape index (κ1) is 18.5. The molecular formula is C24H25ClO. The molecular weight excluding hydrogens is 340 g/mol. The Hall–Kier alpha value is -2.25. The molecule has 0 atom stereocenters. The molecule has 3 rings (SSSR count). The summed E-state index contributed by atoms with van der Waals surface area (Å²) in [6.07, 6.45) is 4.52. The highest BCUT2D eigenvalue weighted by Gasteiger charge is 2.02. The maximum absolute atomic E-state index is 5.91. The predicted molar refractivity (Wildman–Crippen MR) is 112 cm³/mol. The van der Waals surface area contributed by atoms with Gasteiger partial charge in [-0.25, -0.2) is 0 Å². The highest BCUT2D eigenvalue weighted by Crippen LogP contribution is 2.27. The molecule has 2 heteroatoms. The summed E-state index contributed by atoms with van der Waals surface area (Å²) in [4.78, 5) is 0. The summed E-state index contributed by atoms with van der Waals surface area (Å²) in [5.41, 5.74) is 4.87. The lowest BCUT2D eigenvalue weighted by molar-refractivity contribution is 0.305. The fraction of sp³-hybridized carbons (Fsp3) is 0.250. The van der Waals surface area contributed by atoms with Crippen molar-refractivity contribution in [2.75, 3.05) is 12.5 Å². The summed E-state index contributed by atoms with van der Waals surface area (Å²) < 4.78 is 5.91. The second kappa shape index (κ2) is 10.0. The first-order valence-corrected chi connectivity index (χ1v) is 9.85. The molecule has 3 aromatic rings. The van der Waals surface area contributed by atoms with Crippen LogP contribution in [0.3, 0.4) is 0 Å². The Balaban J connectivity index is 1.61. The molecule has 0 saturated carbocycles. The number of unbranched alkanes of at least 4 members (excludes halogenated alkanes) is 3. The number of rotatable bonds is 9. The molecule has 0 spiro atoms. The average molecular weight is 365 g/mol. The van der Waals surface area contributed by atoms with Crippen LogP contribution in [0.25, 0.3) is 22.3 Å². The van der Waals surface area contributed by atoms with Crippen molar-refractivity contribution in [2.24, 2.45) is 0 Å². The van der Waals surface area contributed by atoms with Gasteiger partial charge in [0.1, 0.15) is 5.75 Å². The van der Waals surface area contributed by atoms with Crippen molar-refractivity contribution in [1.82, 2.24) is 0 Å². The zero-order valence-corrected chi connectivity index (χ0v) is 15.8. The molecule has 0 bridgehead atoms. The molecule has 0 radical (unpaired) electrons. The molecule has 134 valence electrons. The van der Waals surface area contributed by atoms with Gasteiger partial charge in [0.15, 0.2) is 0 Å². The zero-order valence-electron chi connectivity index (χ0n) is 15.0. The van der Waals surface area contributed by atoms with E-state index in [1.165, 1.54) is 35.1 Å². The Morgan fingerprint density at radius 2 is 1.19 bits per heavy atom. The molecule has 3 aromatic carbocycles. The van der Waals surface area contributed by atoms with E-state index < -0.39 is 0 Å². The smallest absolute Gasteiger partial charge is 0.119 e. The van der Waals surface area contributed by atoms with Gasteiger partial charge in [0.25, 0.3) is 0 Å². The van der Waals surface area contributed by atoms with E-state index in [4.69, 9.17) is 16.3 Å². The lowest BCUT2D eigenvalue weighted by Gasteiger charge is -2.09. The summed E-state index contributed by atoms with van der Waals surface area (Å²) in [6.45, 7) is 0.763. The van der Waals surface area contributed by atoms with Crippen molar-refractivity contribution < 1.29 is 4.74 Å². The van der Waals surface area contributed by atoms with Crippen LogP contribution in [0, 0.1) is 0 Å². The van der Waals surface area contributed by atoms with E-state index in [0.29, 0.717) is 0 Å². The number of benzene rings is 3. The predicted octanol–water partition coefficient (Wildman–Crippen LogP) is 7.20. The van der Waals surface area contributed by atoms with Crippen molar-refractivity contribution >= 4 is 11.6 Å². The summed E-state index contributed by atoms with van der Waals surface area (Å²) in [5, 5.41) is 0. The Morgan fingerprint density at radius 3 is 1.92 bits per heavy atom. The molecule has 0 unspecified atom stereocenters. The number of hydrogen-bond donors (Lipinski definition) is 0. The van der Waals surface area contributed by atoms with Gasteiger partial charge in [-0.2, -0.15) is 0 Å². The molecule has 0 N–H and O–H groups in total. The van der Waals surface area contributed by atoms with E-state index >= 15 is 0 Å². The lowest BCUT2D eigenvalue weighted by Crippen LogP contribution is -1.97. The topological polar surface area (TPSA) is 9.23 Å². The monoisotopic (exact) mass is 364 g/mol. The van der Waals surface area contributed by atoms with E-state index in [0.717, 1.165) is 31.1 Å². The molecule has 0 aromatic heterocycles. The number of halogens is 1. The minimum Gasteiger partial charge on any atom is -0.494 e. The standard InChI is InChI=1S/C24H25ClO/c25-17-6-1-2-7-18-26-24-12-8-11-23(19-24)22-15-13-21(14-16-22)20-9-4-3-5-10-20/h3-5,8-16,19H,1-2,6-7,17-18H2. The molecule has 1 nitrogen and oxygen atoms in total. The summed E-state index contributed by atoms with van der Waals surface area (Å²) in [7, 11) is 0. The largest absolute Gasteiger partial charge is 0.494 e. The normalized spacial score (nSPS) is 10.7. The number of hydrogen-bond acceptors (Lipinski definition) is 1. The third-order valence-corrected chi connectivity index (χ3v) is 4.72. The van der Waals surface area contributed by atoms with Crippen molar-refractivity contribution in [3.8, 4) is 28.0 Å². The van der Waals surface area contributed by atoms with E-state index in [-0.39, 0.29) is 0 Å². The van der Waals surface area contributed by atoms with Crippen LogP contribution >= 0.6 is 11.6 Å². The van der Waals surface area contributed by atoms with Gasteiger partial charge >= 0.3 is 0 Å². The molecule has 0 aliphatic rings. The van der Waals surface area contributed by atoms with Crippen LogP contribution in [0.2, 0.25) is 0 Å². The van der Waals surface area contributed by atoms with Crippen LogP contribution < -0.4 is 4.74 Å². The van der Waals surface area contributed by atoms with E-state index in [2.05, 4.69) is 66.7 Å². The van der Waals surface area contributed by atoms with Crippen LogP contribution in [0.5, 0.6) is 5.75 Å².